The molecule has 1 rings (SSSR count). The molecule has 0 aliphatic carbocycles. The van der Waals surface area contributed by atoms with Crippen molar-refractivity contribution < 1.29 is 14.4 Å². The average Bonchev–Trinajstić information content (AvgIpc) is 2.61. The van der Waals surface area contributed by atoms with Gasteiger partial charge in [-0.05, 0) is 6.92 Å². The number of carboxylic acids is 1. The summed E-state index contributed by atoms with van der Waals surface area (Å²) < 4.78 is 4.88. The number of hydrogen-bond donors (Lipinski definition) is 1. The third-order valence-electron chi connectivity index (χ3n) is 1.62. The normalized spacial score (nSPS) is 12.7. The lowest BCUT2D eigenvalue weighted by Crippen LogP contribution is -2.11. The van der Waals surface area contributed by atoms with Gasteiger partial charge in [0.2, 0.25) is 5.89 Å². The lowest BCUT2D eigenvalue weighted by Gasteiger charge is -2.01. The van der Waals surface area contributed by atoms with Gasteiger partial charge in [0.1, 0.15) is 0 Å². The molecule has 0 saturated carbocycles. The molecular weight excluding hydrogens is 204 g/mol. The zero-order chi connectivity index (χ0) is 10.6. The molecule has 1 unspecified atom stereocenters. The van der Waals surface area contributed by atoms with E-state index in [4.69, 9.17) is 9.63 Å². The molecule has 0 aliphatic rings. The Balaban J connectivity index is 2.41. The maximum Gasteiger partial charge on any atom is 0.316 e. The van der Waals surface area contributed by atoms with Gasteiger partial charge in [-0.3, -0.25) is 4.79 Å². The van der Waals surface area contributed by atoms with Crippen LogP contribution >= 0.6 is 11.8 Å². The highest BCUT2D eigenvalue weighted by atomic mass is 32.2. The van der Waals surface area contributed by atoms with Crippen molar-refractivity contribution in [3.05, 3.63) is 11.7 Å². The van der Waals surface area contributed by atoms with Gasteiger partial charge >= 0.3 is 5.97 Å². The summed E-state index contributed by atoms with van der Waals surface area (Å²) in [6, 6.07) is 0. The number of nitrogens with zero attached hydrogens (tertiary/aromatic N) is 2. The Morgan fingerprint density at radius 3 is 2.93 bits per heavy atom. The summed E-state index contributed by atoms with van der Waals surface area (Å²) in [6.45, 7) is 3.55. The fourth-order valence-corrected chi connectivity index (χ4v) is 1.42. The van der Waals surface area contributed by atoms with Crippen LogP contribution in [-0.2, 0) is 17.0 Å². The molecular formula is C8H12N2O3S. The van der Waals surface area contributed by atoms with E-state index < -0.39 is 11.2 Å². The third kappa shape index (κ3) is 3.02. The van der Waals surface area contributed by atoms with Crippen LogP contribution < -0.4 is 0 Å². The lowest BCUT2D eigenvalue weighted by atomic mass is 10.5. The molecule has 0 radical (unpaired) electrons. The number of carboxylic acid groups (broad SMARTS) is 1. The SMILES string of the molecule is CCc1nc(CSC(C)C(=O)O)no1. The molecule has 1 aromatic rings. The fraction of sp³-hybridized carbons (Fsp3) is 0.625. The summed E-state index contributed by atoms with van der Waals surface area (Å²) in [5.41, 5.74) is 0. The summed E-state index contributed by atoms with van der Waals surface area (Å²) in [7, 11) is 0. The highest BCUT2D eigenvalue weighted by Crippen LogP contribution is 2.15. The Kier molecular flexibility index (Phi) is 3.94. The molecule has 1 aromatic heterocycles. The number of thioether (sulfide) groups is 1. The molecule has 0 saturated heterocycles. The smallest absolute Gasteiger partial charge is 0.316 e. The average molecular weight is 216 g/mol. The van der Waals surface area contributed by atoms with E-state index in [2.05, 4.69) is 10.1 Å². The highest BCUT2D eigenvalue weighted by molar-refractivity contribution is 7.99. The van der Waals surface area contributed by atoms with E-state index in [1.807, 2.05) is 6.92 Å². The maximum absolute atomic E-state index is 10.5. The van der Waals surface area contributed by atoms with E-state index in [0.717, 1.165) is 0 Å². The predicted molar refractivity (Wildman–Crippen MR) is 52.1 cm³/mol. The van der Waals surface area contributed by atoms with Crippen molar-refractivity contribution in [3.8, 4) is 0 Å². The lowest BCUT2D eigenvalue weighted by molar-refractivity contribution is -0.136. The Morgan fingerprint density at radius 1 is 1.71 bits per heavy atom. The number of aromatic nitrogens is 2. The van der Waals surface area contributed by atoms with Gasteiger partial charge < -0.3 is 9.63 Å². The first kappa shape index (κ1) is 11.0. The molecule has 0 spiro atoms. The number of aryl methyl sites for hydroxylation is 1. The fourth-order valence-electron chi connectivity index (χ4n) is 0.763. The van der Waals surface area contributed by atoms with Crippen LogP contribution in [0, 0.1) is 0 Å². The van der Waals surface area contributed by atoms with Crippen molar-refractivity contribution >= 4 is 17.7 Å². The Hall–Kier alpha value is -1.04. The van der Waals surface area contributed by atoms with Crippen molar-refractivity contribution in [1.82, 2.24) is 10.1 Å². The van der Waals surface area contributed by atoms with Gasteiger partial charge in [0.05, 0.1) is 11.0 Å². The monoisotopic (exact) mass is 216 g/mol. The third-order valence-corrected chi connectivity index (χ3v) is 2.75. The van der Waals surface area contributed by atoms with Crippen LogP contribution in [0.5, 0.6) is 0 Å². The number of hydrogen-bond acceptors (Lipinski definition) is 5. The van der Waals surface area contributed by atoms with Crippen LogP contribution in [0.4, 0.5) is 0 Å². The maximum atomic E-state index is 10.5. The molecule has 78 valence electrons. The predicted octanol–water partition coefficient (Wildman–Crippen LogP) is 1.34. The molecule has 0 aliphatic heterocycles. The molecule has 1 heterocycles. The van der Waals surface area contributed by atoms with Gasteiger partial charge in [0, 0.05) is 6.42 Å². The Labute approximate surface area is 85.9 Å². The zero-order valence-electron chi connectivity index (χ0n) is 8.06. The van der Waals surface area contributed by atoms with Gasteiger partial charge in [-0.25, -0.2) is 0 Å². The Bertz CT molecular complexity index is 313. The molecule has 0 bridgehead atoms. The van der Waals surface area contributed by atoms with E-state index >= 15 is 0 Å². The minimum atomic E-state index is -0.825. The molecule has 5 nitrogen and oxygen atoms in total. The molecule has 1 N–H and O–H groups in total. The van der Waals surface area contributed by atoms with E-state index in [1.165, 1.54) is 11.8 Å². The topological polar surface area (TPSA) is 76.2 Å². The summed E-state index contributed by atoms with van der Waals surface area (Å²) in [6.07, 6.45) is 0.701. The van der Waals surface area contributed by atoms with Crippen molar-refractivity contribution in [1.29, 1.82) is 0 Å². The van der Waals surface area contributed by atoms with Crippen molar-refractivity contribution in [3.63, 3.8) is 0 Å². The summed E-state index contributed by atoms with van der Waals surface area (Å²) in [5.74, 6) is 0.787. The minimum absolute atomic E-state index is 0.446. The van der Waals surface area contributed by atoms with Crippen LogP contribution in [0.25, 0.3) is 0 Å². The molecule has 14 heavy (non-hydrogen) atoms. The minimum Gasteiger partial charge on any atom is -0.480 e. The van der Waals surface area contributed by atoms with E-state index in [0.29, 0.717) is 23.9 Å². The summed E-state index contributed by atoms with van der Waals surface area (Å²) in [4.78, 5) is 14.6. The van der Waals surface area contributed by atoms with Gasteiger partial charge in [0.15, 0.2) is 5.82 Å². The molecule has 1 atom stereocenters. The van der Waals surface area contributed by atoms with Crippen LogP contribution in [0.1, 0.15) is 25.6 Å². The van der Waals surface area contributed by atoms with Crippen molar-refractivity contribution in [2.45, 2.75) is 31.3 Å². The van der Waals surface area contributed by atoms with Crippen molar-refractivity contribution in [2.24, 2.45) is 0 Å². The number of rotatable bonds is 5. The van der Waals surface area contributed by atoms with E-state index in [1.54, 1.807) is 6.92 Å². The van der Waals surface area contributed by atoms with Gasteiger partial charge in [-0.15, -0.1) is 11.8 Å². The second kappa shape index (κ2) is 4.99. The first-order valence-corrected chi connectivity index (χ1v) is 5.34. The van der Waals surface area contributed by atoms with Gasteiger partial charge in [0.25, 0.3) is 0 Å². The van der Waals surface area contributed by atoms with Crippen molar-refractivity contribution in [2.75, 3.05) is 0 Å². The summed E-state index contributed by atoms with van der Waals surface area (Å²) >= 11 is 1.28. The second-order valence-corrected chi connectivity index (χ2v) is 4.08. The van der Waals surface area contributed by atoms with Crippen LogP contribution in [0.2, 0.25) is 0 Å². The van der Waals surface area contributed by atoms with Crippen LogP contribution in [0.15, 0.2) is 4.52 Å². The standard InChI is InChI=1S/C8H12N2O3S/c1-3-7-9-6(10-13-7)4-14-5(2)8(11)12/h5H,3-4H2,1-2H3,(H,11,12). The molecule has 6 heteroatoms. The first-order valence-electron chi connectivity index (χ1n) is 4.29. The first-order chi connectivity index (χ1) is 6.63. The Morgan fingerprint density at radius 2 is 2.43 bits per heavy atom. The molecule has 0 fully saturated rings. The van der Waals surface area contributed by atoms with Gasteiger partial charge in [-0.2, -0.15) is 4.98 Å². The quantitative estimate of drug-likeness (QED) is 0.800. The van der Waals surface area contributed by atoms with Crippen LogP contribution in [0.3, 0.4) is 0 Å². The van der Waals surface area contributed by atoms with Crippen LogP contribution in [-0.4, -0.2) is 26.5 Å². The highest BCUT2D eigenvalue weighted by Gasteiger charge is 2.13. The van der Waals surface area contributed by atoms with E-state index in [9.17, 15) is 4.79 Å². The largest absolute Gasteiger partial charge is 0.480 e. The van der Waals surface area contributed by atoms with E-state index in [-0.39, 0.29) is 0 Å². The second-order valence-electron chi connectivity index (χ2n) is 2.75. The number of carbonyl (C=O) groups is 1. The number of aliphatic carboxylic acids is 1. The molecule has 0 amide bonds. The van der Waals surface area contributed by atoms with Gasteiger partial charge in [-0.1, -0.05) is 12.1 Å². The molecule has 0 aromatic carbocycles. The summed E-state index contributed by atoms with van der Waals surface area (Å²) in [5, 5.41) is 11.9. The zero-order valence-corrected chi connectivity index (χ0v) is 8.87.